The first-order valence-corrected chi connectivity index (χ1v) is 5.90. The van der Waals surface area contributed by atoms with Gasteiger partial charge in [0.15, 0.2) is 0 Å². The van der Waals surface area contributed by atoms with Crippen LogP contribution in [0.1, 0.15) is 6.42 Å². The molecule has 0 aromatic carbocycles. The average Bonchev–Trinajstić information content (AvgIpc) is 2.46. The second kappa shape index (κ2) is 7.16. The molecular formula is C11H21ClN2O3. The smallest absolute Gasteiger partial charge is 0.248 e. The van der Waals surface area contributed by atoms with Gasteiger partial charge < -0.3 is 19.7 Å². The lowest BCUT2D eigenvalue weighted by atomic mass is 9.93. The molecule has 5 nitrogen and oxygen atoms in total. The van der Waals surface area contributed by atoms with Gasteiger partial charge in [0.1, 0.15) is 6.61 Å². The van der Waals surface area contributed by atoms with E-state index in [1.54, 1.807) is 7.11 Å². The van der Waals surface area contributed by atoms with E-state index >= 15 is 0 Å². The van der Waals surface area contributed by atoms with Gasteiger partial charge in [-0.05, 0) is 13.0 Å². The first kappa shape index (κ1) is 14.7. The molecular weight excluding hydrogens is 244 g/mol. The summed E-state index contributed by atoms with van der Waals surface area (Å²) in [5, 5.41) is 3.35. The minimum Gasteiger partial charge on any atom is -0.383 e. The van der Waals surface area contributed by atoms with Crippen molar-refractivity contribution in [2.24, 2.45) is 5.92 Å². The van der Waals surface area contributed by atoms with E-state index in [-0.39, 0.29) is 24.9 Å². The third kappa shape index (κ3) is 3.55. The second-order valence-corrected chi connectivity index (χ2v) is 4.42. The number of methoxy groups -OCH3 is 1. The minimum absolute atomic E-state index is 0. The molecule has 0 aromatic rings. The summed E-state index contributed by atoms with van der Waals surface area (Å²) in [7, 11) is 1.67. The highest BCUT2D eigenvalue weighted by molar-refractivity contribution is 5.85. The molecule has 2 heterocycles. The number of fused-ring (bicyclic) bond motifs is 1. The van der Waals surface area contributed by atoms with Crippen LogP contribution in [0, 0.1) is 5.92 Å². The lowest BCUT2D eigenvalue weighted by molar-refractivity contribution is -0.136. The Labute approximate surface area is 108 Å². The highest BCUT2D eigenvalue weighted by Crippen LogP contribution is 2.21. The standard InChI is InChI=1S/C11H20N2O3.ClH/c1-15-5-4-13-10-2-3-12-6-9(10)7-16-8-11(13)14;/h9-10,12H,2-8H2,1H3;1H. The summed E-state index contributed by atoms with van der Waals surface area (Å²) in [5.41, 5.74) is 0. The fraction of sp³-hybridized carbons (Fsp3) is 0.909. The SMILES string of the molecule is COCCN1C(=O)COCC2CNCCC21.Cl. The van der Waals surface area contributed by atoms with Gasteiger partial charge in [-0.15, -0.1) is 12.4 Å². The number of rotatable bonds is 3. The molecule has 0 radical (unpaired) electrons. The number of hydrogen-bond donors (Lipinski definition) is 1. The normalized spacial score (nSPS) is 29.2. The van der Waals surface area contributed by atoms with E-state index in [2.05, 4.69) is 5.32 Å². The number of carbonyl (C=O) groups is 1. The minimum atomic E-state index is 0. The molecule has 0 aliphatic carbocycles. The second-order valence-electron chi connectivity index (χ2n) is 4.42. The monoisotopic (exact) mass is 264 g/mol. The van der Waals surface area contributed by atoms with E-state index in [4.69, 9.17) is 9.47 Å². The van der Waals surface area contributed by atoms with Crippen LogP contribution >= 0.6 is 12.4 Å². The summed E-state index contributed by atoms with van der Waals surface area (Å²) in [6.07, 6.45) is 1.02. The molecule has 6 heteroatoms. The maximum Gasteiger partial charge on any atom is 0.248 e. The first-order chi connectivity index (χ1) is 7.83. The van der Waals surface area contributed by atoms with Gasteiger partial charge in [0.2, 0.25) is 5.91 Å². The Bertz CT molecular complexity index is 253. The van der Waals surface area contributed by atoms with Crippen LogP contribution in [-0.2, 0) is 14.3 Å². The maximum absolute atomic E-state index is 11.9. The number of amides is 1. The molecule has 2 fully saturated rings. The Kier molecular flexibility index (Phi) is 6.19. The zero-order valence-electron chi connectivity index (χ0n) is 10.2. The molecule has 2 rings (SSSR count). The van der Waals surface area contributed by atoms with Gasteiger partial charge in [-0.25, -0.2) is 0 Å². The van der Waals surface area contributed by atoms with E-state index in [1.807, 2.05) is 4.90 Å². The summed E-state index contributed by atoms with van der Waals surface area (Å²) in [4.78, 5) is 13.8. The number of nitrogens with zero attached hydrogens (tertiary/aromatic N) is 1. The van der Waals surface area contributed by atoms with E-state index in [1.165, 1.54) is 0 Å². The predicted octanol–water partition coefficient (Wildman–Crippen LogP) is -0.108. The van der Waals surface area contributed by atoms with Crippen LogP contribution in [0.2, 0.25) is 0 Å². The van der Waals surface area contributed by atoms with Gasteiger partial charge in [-0.1, -0.05) is 0 Å². The molecule has 2 unspecified atom stereocenters. The van der Waals surface area contributed by atoms with Gasteiger partial charge >= 0.3 is 0 Å². The zero-order valence-corrected chi connectivity index (χ0v) is 11.0. The van der Waals surface area contributed by atoms with Crippen molar-refractivity contribution < 1.29 is 14.3 Å². The molecule has 17 heavy (non-hydrogen) atoms. The summed E-state index contributed by atoms with van der Waals surface area (Å²) < 4.78 is 10.5. The van der Waals surface area contributed by atoms with Crippen LogP contribution < -0.4 is 5.32 Å². The van der Waals surface area contributed by atoms with Crippen LogP contribution in [0.4, 0.5) is 0 Å². The van der Waals surface area contributed by atoms with Gasteiger partial charge in [0, 0.05) is 32.2 Å². The van der Waals surface area contributed by atoms with E-state index in [0.29, 0.717) is 31.7 Å². The number of carbonyl (C=O) groups excluding carboxylic acids is 1. The van der Waals surface area contributed by atoms with Crippen molar-refractivity contribution in [3.8, 4) is 0 Å². The quantitative estimate of drug-likeness (QED) is 0.773. The van der Waals surface area contributed by atoms with Crippen LogP contribution in [0.5, 0.6) is 0 Å². The van der Waals surface area contributed by atoms with Crippen molar-refractivity contribution in [2.75, 3.05) is 46.6 Å². The molecule has 0 saturated carbocycles. The van der Waals surface area contributed by atoms with Crippen molar-refractivity contribution in [2.45, 2.75) is 12.5 Å². The molecule has 1 amide bonds. The van der Waals surface area contributed by atoms with Crippen LogP contribution in [0.25, 0.3) is 0 Å². The fourth-order valence-electron chi connectivity index (χ4n) is 2.54. The van der Waals surface area contributed by atoms with Crippen molar-refractivity contribution >= 4 is 18.3 Å². The average molecular weight is 265 g/mol. The van der Waals surface area contributed by atoms with Crippen LogP contribution in [0.3, 0.4) is 0 Å². The predicted molar refractivity (Wildman–Crippen MR) is 66.4 cm³/mol. The van der Waals surface area contributed by atoms with Crippen LogP contribution in [0.15, 0.2) is 0 Å². The van der Waals surface area contributed by atoms with Gasteiger partial charge in [0.05, 0.1) is 13.2 Å². The number of nitrogens with one attached hydrogen (secondary N) is 1. The number of halogens is 1. The van der Waals surface area contributed by atoms with Gasteiger partial charge in [0.25, 0.3) is 0 Å². The van der Waals surface area contributed by atoms with Crippen molar-refractivity contribution in [1.82, 2.24) is 10.2 Å². The highest BCUT2D eigenvalue weighted by atomic mass is 35.5. The fourth-order valence-corrected chi connectivity index (χ4v) is 2.54. The summed E-state index contributed by atoms with van der Waals surface area (Å²) >= 11 is 0. The molecule has 2 aliphatic heterocycles. The largest absolute Gasteiger partial charge is 0.383 e. The Balaban J connectivity index is 0.00000144. The Morgan fingerprint density at radius 1 is 1.59 bits per heavy atom. The molecule has 2 saturated heterocycles. The van der Waals surface area contributed by atoms with E-state index in [0.717, 1.165) is 19.5 Å². The molecule has 2 atom stereocenters. The Morgan fingerprint density at radius 3 is 3.18 bits per heavy atom. The summed E-state index contributed by atoms with van der Waals surface area (Å²) in [6, 6.07) is 0.325. The Morgan fingerprint density at radius 2 is 2.41 bits per heavy atom. The van der Waals surface area contributed by atoms with E-state index < -0.39 is 0 Å². The molecule has 0 bridgehead atoms. The van der Waals surface area contributed by atoms with E-state index in [9.17, 15) is 4.79 Å². The van der Waals surface area contributed by atoms with Gasteiger partial charge in [-0.3, -0.25) is 4.79 Å². The lowest BCUT2D eigenvalue weighted by Crippen LogP contribution is -2.52. The topological polar surface area (TPSA) is 50.8 Å². The number of ether oxygens (including phenoxy) is 2. The highest BCUT2D eigenvalue weighted by Gasteiger charge is 2.35. The molecule has 100 valence electrons. The third-order valence-corrected chi connectivity index (χ3v) is 3.38. The van der Waals surface area contributed by atoms with Crippen molar-refractivity contribution in [3.63, 3.8) is 0 Å². The summed E-state index contributed by atoms with van der Waals surface area (Å²) in [5.74, 6) is 0.531. The van der Waals surface area contributed by atoms with Crippen molar-refractivity contribution in [3.05, 3.63) is 0 Å². The maximum atomic E-state index is 11.9. The van der Waals surface area contributed by atoms with Crippen LogP contribution in [-0.4, -0.2) is 63.4 Å². The Hall–Kier alpha value is -0.360. The lowest BCUT2D eigenvalue weighted by Gasteiger charge is -2.37. The van der Waals surface area contributed by atoms with Crippen molar-refractivity contribution in [1.29, 1.82) is 0 Å². The summed E-state index contributed by atoms with van der Waals surface area (Å²) in [6.45, 7) is 4.12. The third-order valence-electron chi connectivity index (χ3n) is 3.38. The number of piperidine rings is 1. The molecule has 0 aromatic heterocycles. The number of hydrogen-bond acceptors (Lipinski definition) is 4. The first-order valence-electron chi connectivity index (χ1n) is 5.90. The molecule has 0 spiro atoms. The zero-order chi connectivity index (χ0) is 11.4. The molecule has 1 N–H and O–H groups in total. The van der Waals surface area contributed by atoms with Gasteiger partial charge in [-0.2, -0.15) is 0 Å². The molecule has 2 aliphatic rings.